The topological polar surface area (TPSA) is 43.1 Å². The first kappa shape index (κ1) is 11.0. The summed E-state index contributed by atoms with van der Waals surface area (Å²) in [6, 6.07) is 5.12. The van der Waals surface area contributed by atoms with E-state index in [0.29, 0.717) is 12.8 Å². The third-order valence-corrected chi connectivity index (χ3v) is 2.97. The van der Waals surface area contributed by atoms with Crippen molar-refractivity contribution in [3.05, 3.63) is 35.4 Å². The largest absolute Gasteiger partial charge is 0.416 e. The number of primary amides is 1. The van der Waals surface area contributed by atoms with Crippen LogP contribution in [0.4, 0.5) is 13.2 Å². The molecule has 1 aromatic carbocycles. The number of rotatable bonds is 2. The van der Waals surface area contributed by atoms with Gasteiger partial charge in [-0.15, -0.1) is 0 Å². The Labute approximate surface area is 90.2 Å². The van der Waals surface area contributed by atoms with Crippen LogP contribution in [-0.4, -0.2) is 5.91 Å². The van der Waals surface area contributed by atoms with E-state index in [9.17, 15) is 18.0 Å². The third-order valence-electron chi connectivity index (χ3n) is 2.97. The zero-order valence-electron chi connectivity index (χ0n) is 8.34. The van der Waals surface area contributed by atoms with Gasteiger partial charge in [-0.2, -0.15) is 13.2 Å². The van der Waals surface area contributed by atoms with E-state index < -0.39 is 23.1 Å². The molecule has 1 aliphatic rings. The van der Waals surface area contributed by atoms with Crippen LogP contribution in [-0.2, 0) is 16.4 Å². The lowest BCUT2D eigenvalue weighted by atomic mass is 9.90. The Bertz CT molecular complexity index is 435. The maximum Gasteiger partial charge on any atom is 0.416 e. The zero-order valence-corrected chi connectivity index (χ0v) is 8.34. The molecule has 1 aliphatic carbocycles. The fourth-order valence-corrected chi connectivity index (χ4v) is 1.92. The molecule has 5 heteroatoms. The molecule has 16 heavy (non-hydrogen) atoms. The second-order valence-electron chi connectivity index (χ2n) is 3.99. The van der Waals surface area contributed by atoms with Gasteiger partial charge in [0.25, 0.3) is 0 Å². The van der Waals surface area contributed by atoms with E-state index in [2.05, 4.69) is 0 Å². The van der Waals surface area contributed by atoms with Crippen LogP contribution in [0.15, 0.2) is 24.3 Å². The van der Waals surface area contributed by atoms with Gasteiger partial charge in [0.1, 0.15) is 0 Å². The molecule has 2 rings (SSSR count). The fraction of sp³-hybridized carbons (Fsp3) is 0.364. The Morgan fingerprint density at radius 1 is 1.25 bits per heavy atom. The molecule has 0 unspecified atom stereocenters. The van der Waals surface area contributed by atoms with Gasteiger partial charge in [-0.05, 0) is 24.5 Å². The van der Waals surface area contributed by atoms with Crippen LogP contribution in [0.2, 0.25) is 0 Å². The Morgan fingerprint density at radius 2 is 1.81 bits per heavy atom. The first-order chi connectivity index (χ1) is 7.38. The lowest BCUT2D eigenvalue weighted by Gasteiger charge is -2.18. The standard InChI is InChI=1S/C11H10F3NO/c12-11(13,14)8-4-2-1-3-7(8)10(5-6-10)9(15)16/h1-4H,5-6H2,(H2,15,16). The normalized spacial score (nSPS) is 18.2. The summed E-state index contributed by atoms with van der Waals surface area (Å²) < 4.78 is 38.2. The van der Waals surface area contributed by atoms with E-state index in [1.165, 1.54) is 18.2 Å². The molecule has 1 saturated carbocycles. The maximum atomic E-state index is 12.7. The molecule has 2 N–H and O–H groups in total. The molecule has 0 heterocycles. The summed E-state index contributed by atoms with van der Waals surface area (Å²) in [5.74, 6) is -0.677. The molecule has 0 radical (unpaired) electrons. The summed E-state index contributed by atoms with van der Waals surface area (Å²) in [5, 5.41) is 0. The van der Waals surface area contributed by atoms with Crippen LogP contribution >= 0.6 is 0 Å². The van der Waals surface area contributed by atoms with Crippen LogP contribution in [0.5, 0.6) is 0 Å². The first-order valence-corrected chi connectivity index (χ1v) is 4.84. The van der Waals surface area contributed by atoms with E-state index in [1.807, 2.05) is 0 Å². The van der Waals surface area contributed by atoms with Gasteiger partial charge < -0.3 is 5.73 Å². The molecule has 0 spiro atoms. The van der Waals surface area contributed by atoms with Gasteiger partial charge in [-0.3, -0.25) is 4.79 Å². The van der Waals surface area contributed by atoms with Crippen LogP contribution in [0.1, 0.15) is 24.0 Å². The van der Waals surface area contributed by atoms with E-state index in [-0.39, 0.29) is 5.56 Å². The number of hydrogen-bond acceptors (Lipinski definition) is 1. The van der Waals surface area contributed by atoms with Crippen molar-refractivity contribution in [1.82, 2.24) is 0 Å². The van der Waals surface area contributed by atoms with Crippen molar-refractivity contribution in [1.29, 1.82) is 0 Å². The van der Waals surface area contributed by atoms with Crippen molar-refractivity contribution in [2.75, 3.05) is 0 Å². The van der Waals surface area contributed by atoms with Crippen molar-refractivity contribution in [2.45, 2.75) is 24.4 Å². The van der Waals surface area contributed by atoms with Gasteiger partial charge in [0.15, 0.2) is 0 Å². The molecule has 86 valence electrons. The number of benzene rings is 1. The first-order valence-electron chi connectivity index (χ1n) is 4.84. The van der Waals surface area contributed by atoms with Gasteiger partial charge >= 0.3 is 6.18 Å². The van der Waals surface area contributed by atoms with E-state index in [0.717, 1.165) is 6.07 Å². The minimum Gasteiger partial charge on any atom is -0.369 e. The van der Waals surface area contributed by atoms with Crippen LogP contribution in [0, 0.1) is 0 Å². The number of halogens is 3. The second kappa shape index (κ2) is 3.23. The van der Waals surface area contributed by atoms with Crippen molar-refractivity contribution >= 4 is 5.91 Å². The third kappa shape index (κ3) is 1.56. The fourth-order valence-electron chi connectivity index (χ4n) is 1.92. The summed E-state index contributed by atoms with van der Waals surface area (Å²) in [6.45, 7) is 0. The Morgan fingerprint density at radius 3 is 2.25 bits per heavy atom. The van der Waals surface area contributed by atoms with Crippen molar-refractivity contribution in [3.8, 4) is 0 Å². The summed E-state index contributed by atoms with van der Waals surface area (Å²) in [5.41, 5.74) is 3.33. The predicted octanol–water partition coefficient (Wildman–Crippen LogP) is 2.22. The number of carbonyl (C=O) groups excluding carboxylic acids is 1. The molecule has 0 atom stereocenters. The van der Waals surface area contributed by atoms with Crippen molar-refractivity contribution < 1.29 is 18.0 Å². The number of hydrogen-bond donors (Lipinski definition) is 1. The van der Waals surface area contributed by atoms with Crippen molar-refractivity contribution in [3.63, 3.8) is 0 Å². The van der Waals surface area contributed by atoms with Gasteiger partial charge in [0, 0.05) is 0 Å². The summed E-state index contributed by atoms with van der Waals surface area (Å²) >= 11 is 0. The lowest BCUT2D eigenvalue weighted by Crippen LogP contribution is -2.30. The minimum absolute atomic E-state index is 0.00926. The Kier molecular flexibility index (Phi) is 2.22. The highest BCUT2D eigenvalue weighted by atomic mass is 19.4. The van der Waals surface area contributed by atoms with Crippen LogP contribution < -0.4 is 5.73 Å². The lowest BCUT2D eigenvalue weighted by molar-refractivity contribution is -0.138. The minimum atomic E-state index is -4.44. The molecule has 0 bridgehead atoms. The SMILES string of the molecule is NC(=O)C1(c2ccccc2C(F)(F)F)CC1. The summed E-state index contributed by atoms with van der Waals surface area (Å²) in [7, 11) is 0. The summed E-state index contributed by atoms with van der Waals surface area (Å²) in [4.78, 5) is 11.2. The monoisotopic (exact) mass is 229 g/mol. The van der Waals surface area contributed by atoms with Crippen LogP contribution in [0.3, 0.4) is 0 Å². The number of nitrogens with two attached hydrogens (primary N) is 1. The number of alkyl halides is 3. The highest BCUT2D eigenvalue weighted by Crippen LogP contribution is 2.51. The average Bonchev–Trinajstić information content (AvgIpc) is 2.97. The molecule has 0 aromatic heterocycles. The molecule has 1 aromatic rings. The smallest absolute Gasteiger partial charge is 0.369 e. The highest BCUT2D eigenvalue weighted by Gasteiger charge is 2.53. The van der Waals surface area contributed by atoms with Crippen molar-refractivity contribution in [2.24, 2.45) is 5.73 Å². The van der Waals surface area contributed by atoms with E-state index in [4.69, 9.17) is 5.73 Å². The molecule has 2 nitrogen and oxygen atoms in total. The summed E-state index contributed by atoms with van der Waals surface area (Å²) in [6.07, 6.45) is -3.65. The van der Waals surface area contributed by atoms with Gasteiger partial charge in [0.2, 0.25) is 5.91 Å². The van der Waals surface area contributed by atoms with Gasteiger partial charge in [-0.1, -0.05) is 18.2 Å². The van der Waals surface area contributed by atoms with Crippen LogP contribution in [0.25, 0.3) is 0 Å². The predicted molar refractivity (Wildman–Crippen MR) is 51.6 cm³/mol. The van der Waals surface area contributed by atoms with Gasteiger partial charge in [-0.25, -0.2) is 0 Å². The molecular weight excluding hydrogens is 219 g/mol. The van der Waals surface area contributed by atoms with E-state index in [1.54, 1.807) is 0 Å². The zero-order chi connectivity index (χ0) is 12.0. The molecule has 1 fully saturated rings. The average molecular weight is 229 g/mol. The Hall–Kier alpha value is -1.52. The maximum absolute atomic E-state index is 12.7. The molecule has 0 saturated heterocycles. The number of amides is 1. The Balaban J connectivity index is 2.54. The second-order valence-corrected chi connectivity index (χ2v) is 3.99. The molecule has 0 aliphatic heterocycles. The van der Waals surface area contributed by atoms with Gasteiger partial charge in [0.05, 0.1) is 11.0 Å². The number of carbonyl (C=O) groups is 1. The molecular formula is C11H10F3NO. The molecule has 1 amide bonds. The highest BCUT2D eigenvalue weighted by molar-refractivity contribution is 5.90. The van der Waals surface area contributed by atoms with E-state index >= 15 is 0 Å². The quantitative estimate of drug-likeness (QED) is 0.830.